The summed E-state index contributed by atoms with van der Waals surface area (Å²) >= 11 is 1.58. The first kappa shape index (κ1) is 16.7. The second-order valence-electron chi connectivity index (χ2n) is 4.77. The van der Waals surface area contributed by atoms with Crippen LogP contribution in [0.1, 0.15) is 32.8 Å². The van der Waals surface area contributed by atoms with Crippen molar-refractivity contribution in [2.45, 2.75) is 32.8 Å². The molecule has 5 heteroatoms. The van der Waals surface area contributed by atoms with E-state index in [1.54, 1.807) is 18.3 Å². The summed E-state index contributed by atoms with van der Waals surface area (Å²) in [5, 5.41) is 20.8. The molecule has 1 atom stereocenters. The zero-order valence-corrected chi connectivity index (χ0v) is 13.3. The number of nitrogens with one attached hydrogen (secondary N) is 2. The Labute approximate surface area is 125 Å². The first-order chi connectivity index (χ1) is 9.60. The van der Waals surface area contributed by atoms with Crippen LogP contribution in [-0.4, -0.2) is 30.7 Å². The van der Waals surface area contributed by atoms with Crippen LogP contribution in [0.3, 0.4) is 0 Å². The number of guanidine groups is 1. The van der Waals surface area contributed by atoms with Crippen molar-refractivity contribution < 1.29 is 5.11 Å². The van der Waals surface area contributed by atoms with Gasteiger partial charge in [0.1, 0.15) is 5.60 Å². The van der Waals surface area contributed by atoms with Gasteiger partial charge in [-0.1, -0.05) is 12.2 Å². The van der Waals surface area contributed by atoms with Gasteiger partial charge in [-0.15, -0.1) is 0 Å². The van der Waals surface area contributed by atoms with Gasteiger partial charge in [0.15, 0.2) is 5.96 Å². The number of allylic oxidation sites excluding steroid dienone is 1. The molecule has 0 aliphatic rings. The average Bonchev–Trinajstić information content (AvgIpc) is 2.95. The van der Waals surface area contributed by atoms with Gasteiger partial charge in [0, 0.05) is 13.1 Å². The second-order valence-corrected chi connectivity index (χ2v) is 5.55. The molecule has 0 fully saturated rings. The SMILES string of the molecule is C/C=C/CCNC(=NCC(C)(O)c1ccsc1)NCC. The number of thiophene rings is 1. The molecule has 1 rings (SSSR count). The van der Waals surface area contributed by atoms with E-state index in [1.807, 2.05) is 36.7 Å². The predicted octanol–water partition coefficient (Wildman–Crippen LogP) is 2.48. The molecule has 1 aromatic rings. The highest BCUT2D eigenvalue weighted by Crippen LogP contribution is 2.23. The molecule has 0 aliphatic heterocycles. The van der Waals surface area contributed by atoms with Crippen molar-refractivity contribution >= 4 is 17.3 Å². The molecule has 0 aliphatic carbocycles. The maximum absolute atomic E-state index is 10.4. The Morgan fingerprint density at radius 3 is 2.90 bits per heavy atom. The molecule has 1 aromatic heterocycles. The fourth-order valence-corrected chi connectivity index (χ4v) is 2.46. The predicted molar refractivity (Wildman–Crippen MR) is 87.3 cm³/mol. The molecule has 0 saturated carbocycles. The first-order valence-electron chi connectivity index (χ1n) is 6.98. The summed E-state index contributed by atoms with van der Waals surface area (Å²) in [5.41, 5.74) is -0.0120. The van der Waals surface area contributed by atoms with Crippen LogP contribution in [0.15, 0.2) is 34.0 Å². The van der Waals surface area contributed by atoms with E-state index in [2.05, 4.69) is 21.7 Å². The Morgan fingerprint density at radius 2 is 2.30 bits per heavy atom. The van der Waals surface area contributed by atoms with Crippen molar-refractivity contribution in [3.8, 4) is 0 Å². The van der Waals surface area contributed by atoms with Gasteiger partial charge < -0.3 is 15.7 Å². The van der Waals surface area contributed by atoms with E-state index in [0.717, 1.165) is 31.0 Å². The summed E-state index contributed by atoms with van der Waals surface area (Å²) in [4.78, 5) is 4.46. The molecule has 0 spiro atoms. The van der Waals surface area contributed by atoms with Crippen LogP contribution in [0.5, 0.6) is 0 Å². The largest absolute Gasteiger partial charge is 0.383 e. The minimum atomic E-state index is -0.925. The van der Waals surface area contributed by atoms with Gasteiger partial charge in [0.05, 0.1) is 6.54 Å². The van der Waals surface area contributed by atoms with E-state index in [1.165, 1.54) is 0 Å². The molecule has 0 amide bonds. The van der Waals surface area contributed by atoms with E-state index < -0.39 is 5.60 Å². The summed E-state index contributed by atoms with van der Waals surface area (Å²) in [6.45, 7) is 7.80. The van der Waals surface area contributed by atoms with Crippen molar-refractivity contribution in [2.75, 3.05) is 19.6 Å². The monoisotopic (exact) mass is 295 g/mol. The molecular weight excluding hydrogens is 270 g/mol. The lowest BCUT2D eigenvalue weighted by Crippen LogP contribution is -2.39. The number of hydrogen-bond donors (Lipinski definition) is 3. The van der Waals surface area contributed by atoms with Gasteiger partial charge in [0.25, 0.3) is 0 Å². The van der Waals surface area contributed by atoms with Gasteiger partial charge in [-0.25, -0.2) is 4.99 Å². The quantitative estimate of drug-likeness (QED) is 0.313. The van der Waals surface area contributed by atoms with Crippen LogP contribution in [0.4, 0.5) is 0 Å². The van der Waals surface area contributed by atoms with Crippen molar-refractivity contribution in [2.24, 2.45) is 4.99 Å². The zero-order chi connectivity index (χ0) is 14.8. The molecule has 112 valence electrons. The molecule has 1 unspecified atom stereocenters. The highest BCUT2D eigenvalue weighted by Gasteiger charge is 2.23. The van der Waals surface area contributed by atoms with Crippen LogP contribution in [0, 0.1) is 0 Å². The van der Waals surface area contributed by atoms with Crippen LogP contribution >= 0.6 is 11.3 Å². The maximum Gasteiger partial charge on any atom is 0.191 e. The van der Waals surface area contributed by atoms with Gasteiger partial charge in [0.2, 0.25) is 0 Å². The van der Waals surface area contributed by atoms with E-state index in [9.17, 15) is 5.11 Å². The normalized spacial score (nSPS) is 15.3. The van der Waals surface area contributed by atoms with Crippen molar-refractivity contribution in [1.82, 2.24) is 10.6 Å². The van der Waals surface area contributed by atoms with E-state index >= 15 is 0 Å². The molecule has 4 nitrogen and oxygen atoms in total. The Hall–Kier alpha value is -1.33. The number of hydrogen-bond acceptors (Lipinski definition) is 3. The van der Waals surface area contributed by atoms with Crippen LogP contribution in [-0.2, 0) is 5.60 Å². The highest BCUT2D eigenvalue weighted by molar-refractivity contribution is 7.08. The summed E-state index contributed by atoms with van der Waals surface area (Å²) in [6.07, 6.45) is 5.10. The molecular formula is C15H25N3OS. The topological polar surface area (TPSA) is 56.7 Å². The number of aliphatic imine (C=N–C) groups is 1. The fourth-order valence-electron chi connectivity index (χ4n) is 1.68. The zero-order valence-electron chi connectivity index (χ0n) is 12.5. The summed E-state index contributed by atoms with van der Waals surface area (Å²) in [7, 11) is 0. The molecule has 0 aromatic carbocycles. The Balaban J connectivity index is 2.57. The van der Waals surface area contributed by atoms with Crippen molar-refractivity contribution in [3.63, 3.8) is 0 Å². The lowest BCUT2D eigenvalue weighted by atomic mass is 10.00. The highest BCUT2D eigenvalue weighted by atomic mass is 32.1. The molecule has 3 N–H and O–H groups in total. The van der Waals surface area contributed by atoms with Crippen LogP contribution < -0.4 is 10.6 Å². The Kier molecular flexibility index (Phi) is 7.33. The maximum atomic E-state index is 10.4. The lowest BCUT2D eigenvalue weighted by Gasteiger charge is -2.21. The lowest BCUT2D eigenvalue weighted by molar-refractivity contribution is 0.0677. The minimum Gasteiger partial charge on any atom is -0.383 e. The third-order valence-corrected chi connectivity index (χ3v) is 3.55. The van der Waals surface area contributed by atoms with E-state index in [0.29, 0.717) is 6.54 Å². The molecule has 0 bridgehead atoms. The van der Waals surface area contributed by atoms with Gasteiger partial charge in [-0.3, -0.25) is 0 Å². The number of aliphatic hydroxyl groups is 1. The summed E-state index contributed by atoms with van der Waals surface area (Å²) in [5.74, 6) is 0.743. The average molecular weight is 295 g/mol. The molecule has 0 radical (unpaired) electrons. The Bertz CT molecular complexity index is 424. The van der Waals surface area contributed by atoms with Crippen molar-refractivity contribution in [3.05, 3.63) is 34.5 Å². The summed E-state index contributed by atoms with van der Waals surface area (Å²) in [6, 6.07) is 1.94. The third-order valence-electron chi connectivity index (χ3n) is 2.87. The Morgan fingerprint density at radius 1 is 1.50 bits per heavy atom. The third kappa shape index (κ3) is 5.75. The summed E-state index contributed by atoms with van der Waals surface area (Å²) < 4.78 is 0. The minimum absolute atomic E-state index is 0.336. The smallest absolute Gasteiger partial charge is 0.191 e. The number of rotatable bonds is 7. The van der Waals surface area contributed by atoms with Gasteiger partial charge in [-0.05, 0) is 49.6 Å². The van der Waals surface area contributed by atoms with Crippen LogP contribution in [0.2, 0.25) is 0 Å². The first-order valence-corrected chi connectivity index (χ1v) is 7.93. The van der Waals surface area contributed by atoms with Gasteiger partial charge in [-0.2, -0.15) is 11.3 Å². The van der Waals surface area contributed by atoms with Crippen LogP contribution in [0.25, 0.3) is 0 Å². The molecule has 20 heavy (non-hydrogen) atoms. The van der Waals surface area contributed by atoms with E-state index in [-0.39, 0.29) is 0 Å². The molecule has 1 heterocycles. The van der Waals surface area contributed by atoms with Crippen molar-refractivity contribution in [1.29, 1.82) is 0 Å². The number of nitrogens with zero attached hydrogens (tertiary/aromatic N) is 1. The fraction of sp³-hybridized carbons (Fsp3) is 0.533. The standard InChI is InChI=1S/C15H25N3OS/c1-4-6-7-9-17-14(16-5-2)18-12-15(3,19)13-8-10-20-11-13/h4,6,8,10-11,19H,5,7,9,12H2,1-3H3,(H2,16,17,18)/b6-4+. The second kappa shape index (κ2) is 8.76. The van der Waals surface area contributed by atoms with Gasteiger partial charge >= 0.3 is 0 Å². The molecule has 0 saturated heterocycles. The van der Waals surface area contributed by atoms with E-state index in [4.69, 9.17) is 0 Å².